The average molecular weight is 360 g/mol. The molecule has 3 rings (SSSR count). The zero-order chi connectivity index (χ0) is 18.4. The zero-order valence-electron chi connectivity index (χ0n) is 14.3. The first-order valence-electron chi connectivity index (χ1n) is 8.62. The summed E-state index contributed by atoms with van der Waals surface area (Å²) >= 11 is 0. The minimum absolute atomic E-state index is 0.249. The summed E-state index contributed by atoms with van der Waals surface area (Å²) < 4.78 is 17.1. The van der Waals surface area contributed by atoms with Gasteiger partial charge in [0.05, 0.1) is 19.8 Å². The van der Waals surface area contributed by atoms with Crippen molar-refractivity contribution in [3.8, 4) is 0 Å². The molecule has 0 saturated carbocycles. The highest BCUT2D eigenvalue weighted by molar-refractivity contribution is 5.14. The van der Waals surface area contributed by atoms with Gasteiger partial charge < -0.3 is 29.5 Å². The summed E-state index contributed by atoms with van der Waals surface area (Å²) in [6, 6.07) is 19.1. The highest BCUT2D eigenvalue weighted by atomic mass is 16.7. The molecule has 1 fully saturated rings. The Balaban J connectivity index is 1.71. The van der Waals surface area contributed by atoms with E-state index in [-0.39, 0.29) is 19.8 Å². The molecule has 6 nitrogen and oxygen atoms in total. The quantitative estimate of drug-likeness (QED) is 0.688. The lowest BCUT2D eigenvalue weighted by Gasteiger charge is -2.42. The Kier molecular flexibility index (Phi) is 6.73. The lowest BCUT2D eigenvalue weighted by Crippen LogP contribution is -2.60. The van der Waals surface area contributed by atoms with Crippen molar-refractivity contribution in [2.45, 2.75) is 43.9 Å². The van der Waals surface area contributed by atoms with Crippen molar-refractivity contribution in [1.29, 1.82) is 0 Å². The van der Waals surface area contributed by atoms with E-state index in [9.17, 15) is 15.3 Å². The molecule has 140 valence electrons. The van der Waals surface area contributed by atoms with E-state index in [2.05, 4.69) is 0 Å². The van der Waals surface area contributed by atoms with Gasteiger partial charge in [0.1, 0.15) is 24.4 Å². The predicted octanol–water partition coefficient (Wildman–Crippen LogP) is 1.23. The summed E-state index contributed by atoms with van der Waals surface area (Å²) in [5.74, 6) is 0. The molecule has 5 atom stereocenters. The van der Waals surface area contributed by atoms with Crippen LogP contribution in [-0.2, 0) is 27.4 Å². The molecule has 0 aromatic heterocycles. The van der Waals surface area contributed by atoms with Gasteiger partial charge in [-0.25, -0.2) is 0 Å². The maximum absolute atomic E-state index is 10.3. The van der Waals surface area contributed by atoms with Crippen molar-refractivity contribution >= 4 is 0 Å². The summed E-state index contributed by atoms with van der Waals surface area (Å²) in [5, 5.41) is 29.9. The lowest BCUT2D eigenvalue weighted by atomic mass is 9.98. The third-order valence-electron chi connectivity index (χ3n) is 4.38. The van der Waals surface area contributed by atoms with Gasteiger partial charge in [0, 0.05) is 0 Å². The molecule has 26 heavy (non-hydrogen) atoms. The molecule has 1 aliphatic heterocycles. The third-order valence-corrected chi connectivity index (χ3v) is 4.38. The maximum atomic E-state index is 10.3. The molecule has 0 radical (unpaired) electrons. The van der Waals surface area contributed by atoms with Crippen LogP contribution >= 0.6 is 0 Å². The molecular weight excluding hydrogens is 336 g/mol. The highest BCUT2D eigenvalue weighted by Gasteiger charge is 2.46. The Morgan fingerprint density at radius 1 is 0.769 bits per heavy atom. The van der Waals surface area contributed by atoms with E-state index in [4.69, 9.17) is 14.2 Å². The second kappa shape index (κ2) is 9.23. The van der Waals surface area contributed by atoms with Crippen molar-refractivity contribution in [1.82, 2.24) is 0 Å². The number of aliphatic hydroxyl groups excluding tert-OH is 3. The number of hydrogen-bond acceptors (Lipinski definition) is 6. The van der Waals surface area contributed by atoms with Gasteiger partial charge in [0.15, 0.2) is 6.29 Å². The van der Waals surface area contributed by atoms with E-state index < -0.39 is 30.7 Å². The Hall–Kier alpha value is -1.80. The van der Waals surface area contributed by atoms with E-state index in [1.807, 2.05) is 60.7 Å². The smallest absolute Gasteiger partial charge is 0.184 e. The van der Waals surface area contributed by atoms with Gasteiger partial charge in [-0.1, -0.05) is 60.7 Å². The number of ether oxygens (including phenoxy) is 3. The average Bonchev–Trinajstić information content (AvgIpc) is 2.69. The van der Waals surface area contributed by atoms with Crippen LogP contribution in [0, 0.1) is 0 Å². The molecular formula is C20H24O6. The Labute approximate surface area is 152 Å². The fourth-order valence-corrected chi connectivity index (χ4v) is 2.98. The third kappa shape index (κ3) is 4.67. The summed E-state index contributed by atoms with van der Waals surface area (Å²) in [4.78, 5) is 0. The monoisotopic (exact) mass is 360 g/mol. The molecule has 1 saturated heterocycles. The van der Waals surface area contributed by atoms with Crippen molar-refractivity contribution in [3.05, 3.63) is 71.8 Å². The molecule has 0 amide bonds. The van der Waals surface area contributed by atoms with Gasteiger partial charge in [-0.05, 0) is 11.1 Å². The molecule has 1 aliphatic rings. The van der Waals surface area contributed by atoms with E-state index in [1.165, 1.54) is 0 Å². The summed E-state index contributed by atoms with van der Waals surface area (Å²) in [6.45, 7) is 0.173. The van der Waals surface area contributed by atoms with Crippen LogP contribution in [0.5, 0.6) is 0 Å². The Bertz CT molecular complexity index is 606. The highest BCUT2D eigenvalue weighted by Crippen LogP contribution is 2.26. The van der Waals surface area contributed by atoms with E-state index in [0.29, 0.717) is 0 Å². The van der Waals surface area contributed by atoms with Crippen LogP contribution in [0.25, 0.3) is 0 Å². The van der Waals surface area contributed by atoms with Crippen LogP contribution in [0.2, 0.25) is 0 Å². The van der Waals surface area contributed by atoms with Crippen molar-refractivity contribution in [2.75, 3.05) is 6.61 Å². The van der Waals surface area contributed by atoms with Crippen LogP contribution in [0.1, 0.15) is 11.1 Å². The molecule has 2 aromatic rings. The zero-order valence-corrected chi connectivity index (χ0v) is 14.3. The topological polar surface area (TPSA) is 88.4 Å². The first-order chi connectivity index (χ1) is 12.7. The summed E-state index contributed by atoms with van der Waals surface area (Å²) in [5.41, 5.74) is 1.88. The Morgan fingerprint density at radius 2 is 1.27 bits per heavy atom. The molecule has 0 spiro atoms. The first kappa shape index (κ1) is 19.0. The van der Waals surface area contributed by atoms with Gasteiger partial charge >= 0.3 is 0 Å². The Morgan fingerprint density at radius 3 is 1.77 bits per heavy atom. The van der Waals surface area contributed by atoms with Crippen LogP contribution in [0.4, 0.5) is 0 Å². The van der Waals surface area contributed by atoms with Gasteiger partial charge in [0.2, 0.25) is 0 Å². The van der Waals surface area contributed by atoms with Crippen LogP contribution < -0.4 is 0 Å². The maximum Gasteiger partial charge on any atom is 0.184 e. The second-order valence-corrected chi connectivity index (χ2v) is 6.26. The largest absolute Gasteiger partial charge is 0.394 e. The molecule has 3 N–H and O–H groups in total. The fourth-order valence-electron chi connectivity index (χ4n) is 2.98. The SMILES string of the molecule is OC[C@H]1O[C@@H](O)[C@@H](O)[C@@H](OCc2ccccc2)[C@@H]1OCc1ccccc1. The van der Waals surface area contributed by atoms with Gasteiger partial charge in [-0.15, -0.1) is 0 Å². The molecule has 0 bridgehead atoms. The molecule has 6 heteroatoms. The first-order valence-corrected chi connectivity index (χ1v) is 8.62. The molecule has 1 heterocycles. The van der Waals surface area contributed by atoms with Crippen molar-refractivity contribution in [3.63, 3.8) is 0 Å². The number of benzene rings is 2. The van der Waals surface area contributed by atoms with Crippen LogP contribution in [0.15, 0.2) is 60.7 Å². The molecule has 2 aromatic carbocycles. The minimum Gasteiger partial charge on any atom is -0.394 e. The summed E-state index contributed by atoms with van der Waals surface area (Å²) in [6.07, 6.45) is -5.06. The number of aliphatic hydroxyl groups is 3. The number of hydrogen-bond donors (Lipinski definition) is 3. The van der Waals surface area contributed by atoms with Crippen LogP contribution in [0.3, 0.4) is 0 Å². The predicted molar refractivity (Wildman–Crippen MR) is 94.0 cm³/mol. The standard InChI is InChI=1S/C20H24O6/c21-11-16-18(24-12-14-7-3-1-4-8-14)19(17(22)20(23)26-16)25-13-15-9-5-2-6-10-15/h1-10,16-23H,11-13H2/t16-,17+,18-,19-,20-/m1/s1. The fraction of sp³-hybridized carbons (Fsp3) is 0.400. The van der Waals surface area contributed by atoms with E-state index >= 15 is 0 Å². The molecule has 0 aliphatic carbocycles. The van der Waals surface area contributed by atoms with E-state index in [1.54, 1.807) is 0 Å². The second-order valence-electron chi connectivity index (χ2n) is 6.26. The summed E-state index contributed by atoms with van der Waals surface area (Å²) in [7, 11) is 0. The van der Waals surface area contributed by atoms with E-state index in [0.717, 1.165) is 11.1 Å². The van der Waals surface area contributed by atoms with Gasteiger partial charge in [-0.2, -0.15) is 0 Å². The van der Waals surface area contributed by atoms with Crippen molar-refractivity contribution in [2.24, 2.45) is 0 Å². The lowest BCUT2D eigenvalue weighted by molar-refractivity contribution is -0.305. The van der Waals surface area contributed by atoms with Crippen LogP contribution in [-0.4, -0.2) is 52.6 Å². The van der Waals surface area contributed by atoms with Crippen molar-refractivity contribution < 1.29 is 29.5 Å². The minimum atomic E-state index is -1.44. The van der Waals surface area contributed by atoms with Gasteiger partial charge in [-0.3, -0.25) is 0 Å². The molecule has 0 unspecified atom stereocenters. The number of rotatable bonds is 7. The van der Waals surface area contributed by atoms with Gasteiger partial charge in [0.25, 0.3) is 0 Å². The normalized spacial score (nSPS) is 28.8.